The van der Waals surface area contributed by atoms with Crippen LogP contribution < -0.4 is 0 Å². The molecule has 0 aromatic carbocycles. The molecular formula is C14H25N. The highest BCUT2D eigenvalue weighted by molar-refractivity contribution is 5.81. The lowest BCUT2D eigenvalue weighted by Gasteiger charge is -2.02. The second kappa shape index (κ2) is 8.46. The molecule has 0 rings (SSSR count). The van der Waals surface area contributed by atoms with Crippen molar-refractivity contribution < 1.29 is 0 Å². The topological polar surface area (TPSA) is 12.4 Å². The fourth-order valence-corrected chi connectivity index (χ4v) is 1.28. The molecule has 0 aliphatic carbocycles. The highest BCUT2D eigenvalue weighted by Crippen LogP contribution is 2.10. The summed E-state index contributed by atoms with van der Waals surface area (Å²) in [5.41, 5.74) is 4.21. The molecule has 0 aliphatic rings. The van der Waals surface area contributed by atoms with Gasteiger partial charge >= 0.3 is 0 Å². The molecule has 0 radical (unpaired) electrons. The quantitative estimate of drug-likeness (QED) is 0.447. The highest BCUT2D eigenvalue weighted by Gasteiger charge is 1.93. The summed E-state index contributed by atoms with van der Waals surface area (Å²) >= 11 is 0. The summed E-state index contributed by atoms with van der Waals surface area (Å²) in [7, 11) is 1.86. The number of aliphatic imine (C=N–C) groups is 1. The molecule has 0 aromatic heterocycles. The van der Waals surface area contributed by atoms with Gasteiger partial charge in [0, 0.05) is 12.8 Å². The van der Waals surface area contributed by atoms with Crippen LogP contribution in [0.4, 0.5) is 0 Å². The van der Waals surface area contributed by atoms with E-state index in [-0.39, 0.29) is 0 Å². The maximum absolute atomic E-state index is 4.16. The second-order valence-electron chi connectivity index (χ2n) is 4.18. The van der Waals surface area contributed by atoms with Crippen molar-refractivity contribution in [2.45, 2.75) is 53.4 Å². The van der Waals surface area contributed by atoms with Crippen molar-refractivity contribution in [1.29, 1.82) is 0 Å². The van der Waals surface area contributed by atoms with Gasteiger partial charge in [-0.25, -0.2) is 0 Å². The van der Waals surface area contributed by atoms with Crippen LogP contribution in [0.1, 0.15) is 53.4 Å². The second-order valence-corrected chi connectivity index (χ2v) is 4.18. The third-order valence-corrected chi connectivity index (χ3v) is 2.79. The van der Waals surface area contributed by atoms with Crippen molar-refractivity contribution in [1.82, 2.24) is 0 Å². The van der Waals surface area contributed by atoms with Crippen LogP contribution in [0.15, 0.2) is 28.3 Å². The van der Waals surface area contributed by atoms with Gasteiger partial charge < -0.3 is 0 Å². The van der Waals surface area contributed by atoms with Gasteiger partial charge in [-0.1, -0.05) is 23.3 Å². The number of hydrogen-bond acceptors (Lipinski definition) is 1. The Bertz CT molecular complexity index is 257. The van der Waals surface area contributed by atoms with Crippen molar-refractivity contribution >= 4 is 5.71 Å². The fourth-order valence-electron chi connectivity index (χ4n) is 1.28. The average Bonchev–Trinajstić information content (AvgIpc) is 2.25. The molecule has 1 nitrogen and oxygen atoms in total. The lowest BCUT2D eigenvalue weighted by Crippen LogP contribution is -1.91. The first kappa shape index (κ1) is 14.2. The Hall–Kier alpha value is -0.850. The minimum atomic E-state index is 1.10. The van der Waals surface area contributed by atoms with Gasteiger partial charge in [-0.3, -0.25) is 4.99 Å². The zero-order valence-electron chi connectivity index (χ0n) is 10.9. The summed E-state index contributed by atoms with van der Waals surface area (Å²) in [5.74, 6) is 0. The van der Waals surface area contributed by atoms with Crippen molar-refractivity contribution in [3.8, 4) is 0 Å². The third-order valence-electron chi connectivity index (χ3n) is 2.79. The summed E-state index contributed by atoms with van der Waals surface area (Å²) < 4.78 is 0. The minimum Gasteiger partial charge on any atom is -0.298 e. The van der Waals surface area contributed by atoms with E-state index in [2.05, 4.69) is 44.8 Å². The van der Waals surface area contributed by atoms with E-state index in [4.69, 9.17) is 0 Å². The molecule has 1 heteroatoms. The minimum absolute atomic E-state index is 1.10. The van der Waals surface area contributed by atoms with Gasteiger partial charge in [-0.2, -0.15) is 0 Å². The van der Waals surface area contributed by atoms with E-state index in [1.54, 1.807) is 0 Å². The van der Waals surface area contributed by atoms with E-state index in [9.17, 15) is 0 Å². The molecule has 0 aromatic rings. The van der Waals surface area contributed by atoms with Crippen molar-refractivity contribution in [2.24, 2.45) is 4.99 Å². The standard InChI is InChI=1S/C14H25N/c1-6-12(2)8-7-9-13(3)10-11-14(4)15-5/h6,9H,7-8,10-11H2,1-5H3/b12-6+,13-9+,15-14+. The molecule has 0 saturated carbocycles. The predicted molar refractivity (Wildman–Crippen MR) is 70.7 cm³/mol. The van der Waals surface area contributed by atoms with Crippen LogP contribution in [0.3, 0.4) is 0 Å². The van der Waals surface area contributed by atoms with Gasteiger partial charge in [0.2, 0.25) is 0 Å². The van der Waals surface area contributed by atoms with Crippen molar-refractivity contribution in [3.05, 3.63) is 23.3 Å². The van der Waals surface area contributed by atoms with Crippen LogP contribution in [-0.2, 0) is 0 Å². The number of hydrogen-bond donors (Lipinski definition) is 0. The SMILES string of the molecule is C/C=C(\C)CC/C=C(\C)CC/C(C)=N/C. The zero-order valence-corrected chi connectivity index (χ0v) is 10.9. The summed E-state index contributed by atoms with van der Waals surface area (Å²) in [6.07, 6.45) is 9.16. The van der Waals surface area contributed by atoms with Gasteiger partial charge in [0.05, 0.1) is 0 Å². The van der Waals surface area contributed by atoms with E-state index in [0.29, 0.717) is 0 Å². The molecule has 0 heterocycles. The Morgan fingerprint density at radius 2 is 1.67 bits per heavy atom. The molecule has 0 spiro atoms. The molecule has 0 aliphatic heterocycles. The van der Waals surface area contributed by atoms with Crippen LogP contribution >= 0.6 is 0 Å². The normalized spacial score (nSPS) is 14.6. The van der Waals surface area contributed by atoms with Crippen molar-refractivity contribution in [3.63, 3.8) is 0 Å². The highest BCUT2D eigenvalue weighted by atomic mass is 14.7. The first-order chi connectivity index (χ1) is 7.10. The summed E-state index contributed by atoms with van der Waals surface area (Å²) in [6, 6.07) is 0. The molecule has 0 bridgehead atoms. The van der Waals surface area contributed by atoms with Gasteiger partial charge in [0.25, 0.3) is 0 Å². The third kappa shape index (κ3) is 8.17. The molecule has 0 N–H and O–H groups in total. The smallest absolute Gasteiger partial charge is 0.0276 e. The lowest BCUT2D eigenvalue weighted by atomic mass is 10.1. The van der Waals surface area contributed by atoms with Crippen LogP contribution in [0, 0.1) is 0 Å². The Kier molecular flexibility index (Phi) is 7.98. The molecule has 0 atom stereocenters. The van der Waals surface area contributed by atoms with Gasteiger partial charge in [0.15, 0.2) is 0 Å². The molecular weight excluding hydrogens is 182 g/mol. The Morgan fingerprint density at radius 1 is 1.00 bits per heavy atom. The number of nitrogens with zero attached hydrogens (tertiary/aromatic N) is 1. The van der Waals surface area contributed by atoms with Gasteiger partial charge in [-0.05, 0) is 53.4 Å². The van der Waals surface area contributed by atoms with Crippen LogP contribution in [0.2, 0.25) is 0 Å². The first-order valence-corrected chi connectivity index (χ1v) is 5.79. The van der Waals surface area contributed by atoms with E-state index in [0.717, 1.165) is 12.8 Å². The van der Waals surface area contributed by atoms with Crippen molar-refractivity contribution in [2.75, 3.05) is 7.05 Å². The number of rotatable bonds is 6. The Morgan fingerprint density at radius 3 is 2.20 bits per heavy atom. The van der Waals surface area contributed by atoms with E-state index in [1.807, 2.05) is 7.05 Å². The van der Waals surface area contributed by atoms with Gasteiger partial charge in [0.1, 0.15) is 0 Å². The van der Waals surface area contributed by atoms with E-state index >= 15 is 0 Å². The summed E-state index contributed by atoms with van der Waals surface area (Å²) in [6.45, 7) is 8.61. The maximum atomic E-state index is 4.16. The zero-order chi connectivity index (χ0) is 11.7. The lowest BCUT2D eigenvalue weighted by molar-refractivity contribution is 0.930. The van der Waals surface area contributed by atoms with E-state index in [1.165, 1.54) is 29.7 Å². The molecule has 0 amide bonds. The van der Waals surface area contributed by atoms with Crippen LogP contribution in [-0.4, -0.2) is 12.8 Å². The summed E-state index contributed by atoms with van der Waals surface area (Å²) in [5, 5.41) is 0. The maximum Gasteiger partial charge on any atom is 0.0276 e. The first-order valence-electron chi connectivity index (χ1n) is 5.79. The predicted octanol–water partition coefficient (Wildman–Crippen LogP) is 4.55. The summed E-state index contributed by atoms with van der Waals surface area (Å²) in [4.78, 5) is 4.16. The fraction of sp³-hybridized carbons (Fsp3) is 0.643. The molecule has 86 valence electrons. The molecule has 0 unspecified atom stereocenters. The Labute approximate surface area is 95.0 Å². The number of allylic oxidation sites excluding steroid dienone is 4. The van der Waals surface area contributed by atoms with Gasteiger partial charge in [-0.15, -0.1) is 0 Å². The van der Waals surface area contributed by atoms with E-state index < -0.39 is 0 Å². The van der Waals surface area contributed by atoms with Crippen LogP contribution in [0.5, 0.6) is 0 Å². The monoisotopic (exact) mass is 207 g/mol. The Balaban J connectivity index is 3.80. The molecule has 0 saturated heterocycles. The molecule has 0 fully saturated rings. The van der Waals surface area contributed by atoms with Crippen LogP contribution in [0.25, 0.3) is 0 Å². The average molecular weight is 207 g/mol. The molecule has 15 heavy (non-hydrogen) atoms. The largest absolute Gasteiger partial charge is 0.298 e.